The van der Waals surface area contributed by atoms with E-state index in [-0.39, 0.29) is 10.3 Å². The van der Waals surface area contributed by atoms with Gasteiger partial charge in [-0.05, 0) is 0 Å². The smallest absolute Gasteiger partial charge is 0.234 e. The number of fused-ring (bicyclic) bond motifs is 1. The molecule has 2 heterocycles. The predicted octanol–water partition coefficient (Wildman–Crippen LogP) is 0.786. The molecule has 0 N–H and O–H groups in total. The first-order chi connectivity index (χ1) is 6.48. The maximum absolute atomic E-state index is 11.3. The van der Waals surface area contributed by atoms with Gasteiger partial charge in [0.1, 0.15) is 10.8 Å². The molecule has 0 fully saturated rings. The monoisotopic (exact) mass is 231 g/mol. The summed E-state index contributed by atoms with van der Waals surface area (Å²) in [5.41, 5.74) is 0.463. The number of rotatable bonds is 1. The van der Waals surface area contributed by atoms with Gasteiger partial charge in [0.2, 0.25) is 15.0 Å². The third-order valence-corrected chi connectivity index (χ3v) is 2.80. The molecule has 0 aliphatic heterocycles. The quantitative estimate of drug-likeness (QED) is 0.538. The minimum absolute atomic E-state index is 0.0995. The summed E-state index contributed by atoms with van der Waals surface area (Å²) in [6.07, 6.45) is 4.09. The molecule has 74 valence electrons. The van der Waals surface area contributed by atoms with Crippen LogP contribution >= 0.6 is 11.6 Å². The number of hydrogen-bond donors (Lipinski definition) is 0. The van der Waals surface area contributed by atoms with Crippen LogP contribution in [-0.4, -0.2) is 29.0 Å². The highest BCUT2D eigenvalue weighted by Crippen LogP contribution is 2.14. The second kappa shape index (κ2) is 2.93. The van der Waals surface area contributed by atoms with Crippen molar-refractivity contribution >= 4 is 27.1 Å². The first-order valence-corrected chi connectivity index (χ1v) is 5.95. The van der Waals surface area contributed by atoms with Crippen LogP contribution in [0.25, 0.3) is 5.65 Å². The van der Waals surface area contributed by atoms with Gasteiger partial charge in [-0.15, -0.1) is 0 Å². The van der Waals surface area contributed by atoms with Gasteiger partial charge in [0.15, 0.2) is 0 Å². The summed E-state index contributed by atoms with van der Waals surface area (Å²) in [7, 11) is -3.39. The largest absolute Gasteiger partial charge is 0.275 e. The SMILES string of the molecule is CS(=O)(=O)c1nc(Cl)cc2nccn12. The molecule has 2 rings (SSSR count). The number of nitrogens with zero attached hydrogens (tertiary/aromatic N) is 3. The third-order valence-electron chi connectivity index (χ3n) is 1.66. The maximum atomic E-state index is 11.3. The maximum Gasteiger partial charge on any atom is 0.234 e. The number of sulfone groups is 1. The van der Waals surface area contributed by atoms with Crippen molar-refractivity contribution in [1.29, 1.82) is 0 Å². The van der Waals surface area contributed by atoms with Crippen LogP contribution in [0.2, 0.25) is 5.15 Å². The normalized spacial score (nSPS) is 12.1. The van der Waals surface area contributed by atoms with E-state index in [1.165, 1.54) is 22.9 Å². The van der Waals surface area contributed by atoms with E-state index < -0.39 is 9.84 Å². The lowest BCUT2D eigenvalue weighted by Gasteiger charge is -2.01. The van der Waals surface area contributed by atoms with Crippen LogP contribution in [0.1, 0.15) is 0 Å². The lowest BCUT2D eigenvalue weighted by molar-refractivity contribution is 0.590. The molecule has 0 aliphatic rings. The zero-order valence-electron chi connectivity index (χ0n) is 7.18. The van der Waals surface area contributed by atoms with E-state index >= 15 is 0 Å². The highest BCUT2D eigenvalue weighted by molar-refractivity contribution is 7.90. The van der Waals surface area contributed by atoms with Gasteiger partial charge in [-0.3, -0.25) is 4.40 Å². The summed E-state index contributed by atoms with van der Waals surface area (Å²) in [6, 6.07) is 1.50. The fourth-order valence-corrected chi connectivity index (χ4v) is 2.13. The summed E-state index contributed by atoms with van der Waals surface area (Å²) in [5, 5.41) is 0.0154. The van der Waals surface area contributed by atoms with Crippen molar-refractivity contribution in [3.63, 3.8) is 0 Å². The Labute approximate surface area is 85.3 Å². The predicted molar refractivity (Wildman–Crippen MR) is 51.1 cm³/mol. The van der Waals surface area contributed by atoms with Crippen molar-refractivity contribution < 1.29 is 8.42 Å². The van der Waals surface area contributed by atoms with Gasteiger partial charge in [0, 0.05) is 24.7 Å². The van der Waals surface area contributed by atoms with Crippen molar-refractivity contribution in [2.45, 2.75) is 5.16 Å². The van der Waals surface area contributed by atoms with Crippen molar-refractivity contribution in [3.8, 4) is 0 Å². The van der Waals surface area contributed by atoms with Gasteiger partial charge in [-0.25, -0.2) is 18.4 Å². The second-order valence-electron chi connectivity index (χ2n) is 2.79. The Morgan fingerprint density at radius 1 is 1.50 bits per heavy atom. The highest BCUT2D eigenvalue weighted by atomic mass is 35.5. The number of halogens is 1. The molecule has 7 heteroatoms. The fraction of sp³-hybridized carbons (Fsp3) is 0.143. The molecule has 0 bridgehead atoms. The fourth-order valence-electron chi connectivity index (χ4n) is 1.13. The Bertz CT molecular complexity index is 590. The molecular formula is C7H6ClN3O2S. The van der Waals surface area contributed by atoms with Crippen LogP contribution in [0.3, 0.4) is 0 Å². The molecule has 2 aromatic rings. The molecule has 14 heavy (non-hydrogen) atoms. The van der Waals surface area contributed by atoms with Crippen LogP contribution in [0.5, 0.6) is 0 Å². The van der Waals surface area contributed by atoms with Gasteiger partial charge >= 0.3 is 0 Å². The van der Waals surface area contributed by atoms with Gasteiger partial charge in [-0.2, -0.15) is 0 Å². The second-order valence-corrected chi connectivity index (χ2v) is 5.09. The third kappa shape index (κ3) is 1.46. The molecule has 0 unspecified atom stereocenters. The van der Waals surface area contributed by atoms with E-state index in [1.807, 2.05) is 0 Å². The average molecular weight is 232 g/mol. The Kier molecular flexibility index (Phi) is 1.97. The lowest BCUT2D eigenvalue weighted by Crippen LogP contribution is -2.07. The molecule has 2 aromatic heterocycles. The van der Waals surface area contributed by atoms with Crippen molar-refractivity contribution in [2.24, 2.45) is 0 Å². The van der Waals surface area contributed by atoms with E-state index in [2.05, 4.69) is 9.97 Å². The first kappa shape index (κ1) is 9.42. The minimum Gasteiger partial charge on any atom is -0.275 e. The molecule has 0 saturated carbocycles. The summed E-state index contributed by atoms with van der Waals surface area (Å²) < 4.78 is 24.0. The zero-order chi connectivity index (χ0) is 10.3. The molecule has 0 aromatic carbocycles. The zero-order valence-corrected chi connectivity index (χ0v) is 8.75. The topological polar surface area (TPSA) is 64.3 Å². The Hall–Kier alpha value is -1.14. The molecule has 5 nitrogen and oxygen atoms in total. The molecule has 0 atom stereocenters. The van der Waals surface area contributed by atoms with E-state index in [1.54, 1.807) is 0 Å². The molecular weight excluding hydrogens is 226 g/mol. The van der Waals surface area contributed by atoms with Gasteiger partial charge < -0.3 is 0 Å². The van der Waals surface area contributed by atoms with Crippen LogP contribution < -0.4 is 0 Å². The van der Waals surface area contributed by atoms with Crippen LogP contribution in [0.4, 0.5) is 0 Å². The summed E-state index contributed by atoms with van der Waals surface area (Å²) in [4.78, 5) is 7.67. The standard InChI is InChI=1S/C7H6ClN3O2S/c1-14(12,13)7-10-5(8)4-6-9-2-3-11(6)7/h2-4H,1H3. The Morgan fingerprint density at radius 3 is 2.86 bits per heavy atom. The molecule has 0 spiro atoms. The van der Waals surface area contributed by atoms with Gasteiger partial charge in [-0.1, -0.05) is 11.6 Å². The highest BCUT2D eigenvalue weighted by Gasteiger charge is 2.15. The van der Waals surface area contributed by atoms with E-state index in [9.17, 15) is 8.42 Å². The van der Waals surface area contributed by atoms with Gasteiger partial charge in [0.05, 0.1) is 0 Å². The van der Waals surface area contributed by atoms with Crippen molar-refractivity contribution in [2.75, 3.05) is 6.26 Å². The van der Waals surface area contributed by atoms with Crippen LogP contribution in [-0.2, 0) is 9.84 Å². The van der Waals surface area contributed by atoms with Crippen molar-refractivity contribution in [3.05, 3.63) is 23.6 Å². The number of imidazole rings is 1. The minimum atomic E-state index is -3.39. The number of hydrogen-bond acceptors (Lipinski definition) is 4. The van der Waals surface area contributed by atoms with Gasteiger partial charge in [0.25, 0.3) is 0 Å². The van der Waals surface area contributed by atoms with Crippen LogP contribution in [0.15, 0.2) is 23.6 Å². The first-order valence-electron chi connectivity index (χ1n) is 3.68. The Morgan fingerprint density at radius 2 is 2.21 bits per heavy atom. The molecule has 0 amide bonds. The molecule has 0 saturated heterocycles. The molecule has 0 aliphatic carbocycles. The molecule has 0 radical (unpaired) electrons. The Balaban J connectivity index is 2.94. The summed E-state index contributed by atoms with van der Waals surface area (Å²) >= 11 is 5.66. The van der Waals surface area contributed by atoms with Crippen molar-refractivity contribution in [1.82, 2.24) is 14.4 Å². The average Bonchev–Trinajstić information content (AvgIpc) is 2.47. The summed E-state index contributed by atoms with van der Waals surface area (Å²) in [6.45, 7) is 0. The summed E-state index contributed by atoms with van der Waals surface area (Å²) in [5.74, 6) is 0. The van der Waals surface area contributed by atoms with E-state index in [0.29, 0.717) is 5.65 Å². The van der Waals surface area contributed by atoms with E-state index in [0.717, 1.165) is 6.26 Å². The number of aromatic nitrogens is 3. The van der Waals surface area contributed by atoms with Crippen LogP contribution in [0, 0.1) is 0 Å². The lowest BCUT2D eigenvalue weighted by atomic mass is 10.6. The van der Waals surface area contributed by atoms with E-state index in [4.69, 9.17) is 11.6 Å².